The fourth-order valence-corrected chi connectivity index (χ4v) is 2.38. The van der Waals surface area contributed by atoms with E-state index in [0.29, 0.717) is 0 Å². The third-order valence-electron chi connectivity index (χ3n) is 2.20. The van der Waals surface area contributed by atoms with Gasteiger partial charge < -0.3 is 5.73 Å². The highest BCUT2D eigenvalue weighted by Gasteiger charge is 2.06. The van der Waals surface area contributed by atoms with Gasteiger partial charge in [-0.05, 0) is 24.6 Å². The predicted octanol–water partition coefficient (Wildman–Crippen LogP) is 2.60. The summed E-state index contributed by atoms with van der Waals surface area (Å²) in [6.07, 6.45) is 0.867. The second kappa shape index (κ2) is 2.85. The number of benzene rings is 1. The van der Waals surface area contributed by atoms with Gasteiger partial charge in [-0.1, -0.05) is 0 Å². The SMILES string of the molecule is Cc1c(C=O)ccc2scc(N)c12. The van der Waals surface area contributed by atoms with Crippen molar-refractivity contribution in [3.8, 4) is 0 Å². The molecule has 0 radical (unpaired) electrons. The van der Waals surface area contributed by atoms with Crippen LogP contribution < -0.4 is 5.73 Å². The summed E-state index contributed by atoms with van der Waals surface area (Å²) < 4.78 is 1.14. The number of rotatable bonds is 1. The molecular weight excluding hydrogens is 182 g/mol. The second-order valence-electron chi connectivity index (χ2n) is 2.96. The Labute approximate surface area is 80.0 Å². The van der Waals surface area contributed by atoms with Crippen LogP contribution in [0.15, 0.2) is 17.5 Å². The van der Waals surface area contributed by atoms with E-state index in [9.17, 15) is 4.79 Å². The molecule has 0 saturated heterocycles. The number of hydrogen-bond donors (Lipinski definition) is 1. The van der Waals surface area contributed by atoms with Gasteiger partial charge in [-0.25, -0.2) is 0 Å². The van der Waals surface area contributed by atoms with Crippen LogP contribution in [0, 0.1) is 6.92 Å². The van der Waals surface area contributed by atoms with E-state index in [1.807, 2.05) is 24.4 Å². The van der Waals surface area contributed by atoms with Crippen LogP contribution in [0.3, 0.4) is 0 Å². The Morgan fingerprint density at radius 3 is 2.92 bits per heavy atom. The van der Waals surface area contributed by atoms with E-state index in [2.05, 4.69) is 0 Å². The standard InChI is InChI=1S/C10H9NOS/c1-6-7(4-12)2-3-9-10(6)8(11)5-13-9/h2-5H,11H2,1H3. The number of fused-ring (bicyclic) bond motifs is 1. The molecule has 13 heavy (non-hydrogen) atoms. The van der Waals surface area contributed by atoms with Crippen molar-refractivity contribution in [2.75, 3.05) is 5.73 Å². The monoisotopic (exact) mass is 191 g/mol. The fourth-order valence-electron chi connectivity index (χ4n) is 1.47. The highest BCUT2D eigenvalue weighted by molar-refractivity contribution is 7.17. The lowest BCUT2D eigenvalue weighted by atomic mass is 10.1. The summed E-state index contributed by atoms with van der Waals surface area (Å²) in [5.74, 6) is 0. The second-order valence-corrected chi connectivity index (χ2v) is 3.87. The van der Waals surface area contributed by atoms with Gasteiger partial charge in [-0.15, -0.1) is 11.3 Å². The molecule has 1 heterocycles. The van der Waals surface area contributed by atoms with E-state index >= 15 is 0 Å². The quantitative estimate of drug-likeness (QED) is 0.704. The maximum absolute atomic E-state index is 10.7. The molecule has 0 fully saturated rings. The lowest BCUT2D eigenvalue weighted by Crippen LogP contribution is -1.89. The van der Waals surface area contributed by atoms with Gasteiger partial charge in [0, 0.05) is 21.0 Å². The predicted molar refractivity (Wildman–Crippen MR) is 56.4 cm³/mol. The van der Waals surface area contributed by atoms with Gasteiger partial charge >= 0.3 is 0 Å². The van der Waals surface area contributed by atoms with Crippen molar-refractivity contribution in [1.29, 1.82) is 0 Å². The van der Waals surface area contributed by atoms with Crippen LogP contribution in [0.25, 0.3) is 10.1 Å². The van der Waals surface area contributed by atoms with E-state index < -0.39 is 0 Å². The Hall–Kier alpha value is -1.35. The molecule has 1 aromatic heterocycles. The lowest BCUT2D eigenvalue weighted by Gasteiger charge is -2.00. The van der Waals surface area contributed by atoms with Crippen molar-refractivity contribution >= 4 is 33.4 Å². The van der Waals surface area contributed by atoms with E-state index in [0.717, 1.165) is 33.2 Å². The molecule has 3 heteroatoms. The molecule has 2 N–H and O–H groups in total. The molecule has 2 aromatic rings. The van der Waals surface area contributed by atoms with Crippen LogP contribution in [-0.2, 0) is 0 Å². The van der Waals surface area contributed by atoms with Gasteiger partial charge in [0.2, 0.25) is 0 Å². The topological polar surface area (TPSA) is 43.1 Å². The first-order chi connectivity index (χ1) is 6.24. The van der Waals surface area contributed by atoms with Crippen LogP contribution in [0.4, 0.5) is 5.69 Å². The molecule has 1 aromatic carbocycles. The van der Waals surface area contributed by atoms with Crippen molar-refractivity contribution in [3.05, 3.63) is 28.6 Å². The van der Waals surface area contributed by atoms with Gasteiger partial charge in [0.1, 0.15) is 6.29 Å². The maximum Gasteiger partial charge on any atom is 0.150 e. The van der Waals surface area contributed by atoms with Crippen LogP contribution in [0.2, 0.25) is 0 Å². The molecule has 0 spiro atoms. The molecule has 0 bridgehead atoms. The fraction of sp³-hybridized carbons (Fsp3) is 0.100. The Kier molecular flexibility index (Phi) is 1.81. The summed E-state index contributed by atoms with van der Waals surface area (Å²) in [5.41, 5.74) is 8.26. The average Bonchev–Trinajstić information content (AvgIpc) is 2.49. The minimum Gasteiger partial charge on any atom is -0.398 e. The molecule has 0 unspecified atom stereocenters. The van der Waals surface area contributed by atoms with Crippen LogP contribution >= 0.6 is 11.3 Å². The smallest absolute Gasteiger partial charge is 0.150 e. The van der Waals surface area contributed by atoms with Gasteiger partial charge in [0.15, 0.2) is 0 Å². The highest BCUT2D eigenvalue weighted by Crippen LogP contribution is 2.31. The van der Waals surface area contributed by atoms with E-state index in [1.54, 1.807) is 11.3 Å². The molecule has 2 rings (SSSR count). The zero-order valence-corrected chi connectivity index (χ0v) is 8.02. The number of thiophene rings is 1. The maximum atomic E-state index is 10.7. The number of nitrogen functional groups attached to an aromatic ring is 1. The first kappa shape index (κ1) is 8.26. The van der Waals surface area contributed by atoms with Crippen molar-refractivity contribution in [2.45, 2.75) is 6.92 Å². The molecule has 0 aliphatic rings. The number of carbonyl (C=O) groups is 1. The van der Waals surface area contributed by atoms with Gasteiger partial charge in [0.05, 0.1) is 5.69 Å². The molecule has 0 amide bonds. The summed E-state index contributed by atoms with van der Waals surface area (Å²) in [7, 11) is 0. The Balaban J connectivity index is 2.91. The average molecular weight is 191 g/mol. The molecule has 0 atom stereocenters. The van der Waals surface area contributed by atoms with Crippen LogP contribution in [-0.4, -0.2) is 6.29 Å². The Morgan fingerprint density at radius 2 is 2.23 bits per heavy atom. The molecule has 2 nitrogen and oxygen atoms in total. The summed E-state index contributed by atoms with van der Waals surface area (Å²) in [5, 5.41) is 2.93. The third kappa shape index (κ3) is 1.12. The normalized spacial score (nSPS) is 10.5. The van der Waals surface area contributed by atoms with E-state index in [-0.39, 0.29) is 0 Å². The van der Waals surface area contributed by atoms with Crippen molar-refractivity contribution < 1.29 is 4.79 Å². The number of carbonyl (C=O) groups excluding carboxylic acids is 1. The van der Waals surface area contributed by atoms with E-state index in [1.165, 1.54) is 0 Å². The number of anilines is 1. The summed E-state index contributed by atoms with van der Waals surface area (Å²) >= 11 is 1.61. The van der Waals surface area contributed by atoms with Crippen LogP contribution in [0.1, 0.15) is 15.9 Å². The minimum atomic E-state index is 0.720. The third-order valence-corrected chi connectivity index (χ3v) is 3.16. The molecular formula is C10H9NOS. The molecule has 0 aliphatic heterocycles. The zero-order valence-electron chi connectivity index (χ0n) is 7.20. The Morgan fingerprint density at radius 1 is 1.46 bits per heavy atom. The largest absolute Gasteiger partial charge is 0.398 e. The Bertz CT molecular complexity index is 473. The minimum absolute atomic E-state index is 0.720. The first-order valence-corrected chi connectivity index (χ1v) is 4.83. The van der Waals surface area contributed by atoms with Gasteiger partial charge in [-0.2, -0.15) is 0 Å². The molecule has 0 saturated carbocycles. The summed E-state index contributed by atoms with van der Waals surface area (Å²) in [6, 6.07) is 3.77. The number of hydrogen-bond acceptors (Lipinski definition) is 3. The van der Waals surface area contributed by atoms with Gasteiger partial charge in [-0.3, -0.25) is 4.79 Å². The van der Waals surface area contributed by atoms with Crippen LogP contribution in [0.5, 0.6) is 0 Å². The summed E-state index contributed by atoms with van der Waals surface area (Å²) in [4.78, 5) is 10.7. The lowest BCUT2D eigenvalue weighted by molar-refractivity contribution is 0.112. The van der Waals surface area contributed by atoms with E-state index in [4.69, 9.17) is 5.73 Å². The molecule has 0 aliphatic carbocycles. The summed E-state index contributed by atoms with van der Waals surface area (Å²) in [6.45, 7) is 1.93. The van der Waals surface area contributed by atoms with Crippen molar-refractivity contribution in [1.82, 2.24) is 0 Å². The van der Waals surface area contributed by atoms with Crippen molar-refractivity contribution in [2.24, 2.45) is 0 Å². The zero-order chi connectivity index (χ0) is 9.42. The first-order valence-electron chi connectivity index (χ1n) is 3.95. The number of aryl methyl sites for hydroxylation is 1. The van der Waals surface area contributed by atoms with Crippen molar-refractivity contribution in [3.63, 3.8) is 0 Å². The van der Waals surface area contributed by atoms with Gasteiger partial charge in [0.25, 0.3) is 0 Å². The number of nitrogens with two attached hydrogens (primary N) is 1. The number of aldehydes is 1. The molecule has 66 valence electrons. The highest BCUT2D eigenvalue weighted by atomic mass is 32.1.